The molecule has 0 spiro atoms. The van der Waals surface area contributed by atoms with Gasteiger partial charge in [0.05, 0.1) is 6.21 Å². The van der Waals surface area contributed by atoms with Crippen LogP contribution in [-0.4, -0.2) is 44.8 Å². The zero-order chi connectivity index (χ0) is 18.2. The molecule has 1 aliphatic heterocycles. The number of amides is 1. The minimum absolute atomic E-state index is 0.0927. The fourth-order valence-electron chi connectivity index (χ4n) is 3.19. The Labute approximate surface area is 153 Å². The van der Waals surface area contributed by atoms with Gasteiger partial charge in [-0.3, -0.25) is 4.79 Å². The second kappa shape index (κ2) is 9.22. The summed E-state index contributed by atoms with van der Waals surface area (Å²) < 4.78 is 12.8. The average molecular weight is 356 g/mol. The summed E-state index contributed by atoms with van der Waals surface area (Å²) in [5, 5.41) is 3.94. The van der Waals surface area contributed by atoms with Crippen LogP contribution in [0.4, 0.5) is 4.39 Å². The molecule has 2 aromatic rings. The van der Waals surface area contributed by atoms with Crippen LogP contribution in [0.3, 0.4) is 0 Å². The average Bonchev–Trinajstić information content (AvgIpc) is 2.66. The van der Waals surface area contributed by atoms with Crippen molar-refractivity contribution in [3.63, 3.8) is 0 Å². The first-order valence-corrected chi connectivity index (χ1v) is 8.97. The largest absolute Gasteiger partial charge is 0.322 e. The highest BCUT2D eigenvalue weighted by molar-refractivity contribution is 5.82. The van der Waals surface area contributed by atoms with Crippen LogP contribution < -0.4 is 15.2 Å². The number of nitrogens with zero attached hydrogens (tertiary/aromatic N) is 1. The molecular weight excluding hydrogens is 331 g/mol. The number of hydrazone groups is 1. The number of halogens is 1. The van der Waals surface area contributed by atoms with E-state index in [1.165, 1.54) is 28.8 Å². The highest BCUT2D eigenvalue weighted by Gasteiger charge is 2.24. The summed E-state index contributed by atoms with van der Waals surface area (Å²) in [5.74, 6) is -0.381. The van der Waals surface area contributed by atoms with Crippen molar-refractivity contribution >= 4 is 12.1 Å². The van der Waals surface area contributed by atoms with Crippen molar-refractivity contribution in [1.29, 1.82) is 0 Å². The van der Waals surface area contributed by atoms with Crippen LogP contribution in [0.15, 0.2) is 59.7 Å². The summed E-state index contributed by atoms with van der Waals surface area (Å²) in [6, 6.07) is 16.5. The van der Waals surface area contributed by atoms with Crippen molar-refractivity contribution < 1.29 is 19.0 Å². The van der Waals surface area contributed by atoms with E-state index in [2.05, 4.69) is 34.8 Å². The molecular formula is C20H25FN4O+2. The molecule has 1 saturated heterocycles. The van der Waals surface area contributed by atoms with Crippen LogP contribution in [0.25, 0.3) is 0 Å². The van der Waals surface area contributed by atoms with Gasteiger partial charge in [0.15, 0.2) is 6.54 Å². The molecule has 0 radical (unpaired) electrons. The predicted molar refractivity (Wildman–Crippen MR) is 98.5 cm³/mol. The Kier molecular flexibility index (Phi) is 6.46. The number of nitrogens with one attached hydrogen (secondary N) is 3. The third-order valence-electron chi connectivity index (χ3n) is 4.64. The molecule has 3 N–H and O–H groups in total. The van der Waals surface area contributed by atoms with Gasteiger partial charge in [-0.15, -0.1) is 0 Å². The fourth-order valence-corrected chi connectivity index (χ4v) is 3.19. The minimum atomic E-state index is -0.289. The van der Waals surface area contributed by atoms with Crippen molar-refractivity contribution in [2.24, 2.45) is 5.10 Å². The maximum atomic E-state index is 12.8. The molecule has 0 bridgehead atoms. The van der Waals surface area contributed by atoms with Crippen molar-refractivity contribution in [1.82, 2.24) is 5.43 Å². The number of rotatable bonds is 6. The van der Waals surface area contributed by atoms with Crippen LogP contribution in [0.5, 0.6) is 0 Å². The summed E-state index contributed by atoms with van der Waals surface area (Å²) >= 11 is 0. The SMILES string of the molecule is O=C(C[NH+]1CC[NH+](Cc2ccccc2)CC1)NN=Cc1ccc(F)cc1. The van der Waals surface area contributed by atoms with Crippen LogP contribution in [0, 0.1) is 5.82 Å². The van der Waals surface area contributed by atoms with E-state index in [1.807, 2.05) is 6.07 Å². The number of benzene rings is 2. The molecule has 2 aromatic carbocycles. The molecule has 3 rings (SSSR count). The lowest BCUT2D eigenvalue weighted by atomic mass is 10.2. The van der Waals surface area contributed by atoms with Gasteiger partial charge in [0, 0.05) is 5.56 Å². The van der Waals surface area contributed by atoms with Crippen LogP contribution >= 0.6 is 0 Å². The summed E-state index contributed by atoms with van der Waals surface area (Å²) in [4.78, 5) is 14.9. The Balaban J connectivity index is 1.37. The number of carbonyl (C=O) groups is 1. The highest BCUT2D eigenvalue weighted by Crippen LogP contribution is 1.99. The Morgan fingerprint density at radius 3 is 2.35 bits per heavy atom. The highest BCUT2D eigenvalue weighted by atomic mass is 19.1. The number of piperazine rings is 1. The lowest BCUT2D eigenvalue weighted by molar-refractivity contribution is -1.02. The van der Waals surface area contributed by atoms with Crippen LogP contribution in [0.2, 0.25) is 0 Å². The van der Waals surface area contributed by atoms with Gasteiger partial charge in [-0.25, -0.2) is 9.82 Å². The Bertz CT molecular complexity index is 725. The molecule has 1 fully saturated rings. The number of quaternary nitrogens is 2. The molecule has 1 heterocycles. The fraction of sp³-hybridized carbons (Fsp3) is 0.300. The number of hydrogen-bond acceptors (Lipinski definition) is 2. The molecule has 0 saturated carbocycles. The Morgan fingerprint density at radius 1 is 1.00 bits per heavy atom. The zero-order valence-electron chi connectivity index (χ0n) is 14.7. The molecule has 136 valence electrons. The van der Waals surface area contributed by atoms with E-state index in [1.54, 1.807) is 17.0 Å². The van der Waals surface area contributed by atoms with Gasteiger partial charge in [0.1, 0.15) is 38.5 Å². The summed E-state index contributed by atoms with van der Waals surface area (Å²) in [7, 11) is 0. The molecule has 0 atom stereocenters. The Morgan fingerprint density at radius 2 is 1.65 bits per heavy atom. The van der Waals surface area contributed by atoms with Gasteiger partial charge in [0.2, 0.25) is 0 Å². The topological polar surface area (TPSA) is 50.3 Å². The molecule has 5 nitrogen and oxygen atoms in total. The van der Waals surface area contributed by atoms with Gasteiger partial charge in [-0.1, -0.05) is 42.5 Å². The Hall–Kier alpha value is -2.57. The first kappa shape index (κ1) is 18.2. The summed E-state index contributed by atoms with van der Waals surface area (Å²) in [6.07, 6.45) is 1.52. The molecule has 1 amide bonds. The van der Waals surface area contributed by atoms with E-state index in [-0.39, 0.29) is 11.7 Å². The van der Waals surface area contributed by atoms with Crippen molar-refractivity contribution in [3.8, 4) is 0 Å². The molecule has 1 aliphatic rings. The van der Waals surface area contributed by atoms with Gasteiger partial charge in [-0.2, -0.15) is 5.10 Å². The first-order valence-electron chi connectivity index (χ1n) is 8.97. The van der Waals surface area contributed by atoms with Crippen molar-refractivity contribution in [3.05, 3.63) is 71.5 Å². The summed E-state index contributed by atoms with van der Waals surface area (Å²) in [5.41, 5.74) is 4.66. The standard InChI is InChI=1S/C20H23FN4O/c21-19-8-6-17(7-9-19)14-22-23-20(26)16-25-12-10-24(11-13-25)15-18-4-2-1-3-5-18/h1-9,14H,10-13,15-16H2,(H,23,26)/p+2. The van der Waals surface area contributed by atoms with Gasteiger partial charge in [0.25, 0.3) is 5.91 Å². The van der Waals surface area contributed by atoms with E-state index < -0.39 is 0 Å². The van der Waals surface area contributed by atoms with Crippen LogP contribution in [-0.2, 0) is 11.3 Å². The van der Waals surface area contributed by atoms with E-state index in [4.69, 9.17) is 0 Å². The molecule has 0 aromatic heterocycles. The second-order valence-corrected chi connectivity index (χ2v) is 6.68. The number of carbonyl (C=O) groups excluding carboxylic acids is 1. The minimum Gasteiger partial charge on any atom is -0.322 e. The predicted octanol–water partition coefficient (Wildman–Crippen LogP) is -0.741. The van der Waals surface area contributed by atoms with E-state index in [0.717, 1.165) is 38.3 Å². The van der Waals surface area contributed by atoms with Crippen LogP contribution in [0.1, 0.15) is 11.1 Å². The second-order valence-electron chi connectivity index (χ2n) is 6.68. The maximum absolute atomic E-state index is 12.8. The van der Waals surface area contributed by atoms with Gasteiger partial charge < -0.3 is 9.80 Å². The first-order chi connectivity index (χ1) is 12.7. The smallest absolute Gasteiger partial charge is 0.295 e. The zero-order valence-corrected chi connectivity index (χ0v) is 14.7. The maximum Gasteiger partial charge on any atom is 0.295 e. The van der Waals surface area contributed by atoms with Crippen molar-refractivity contribution in [2.45, 2.75) is 6.54 Å². The van der Waals surface area contributed by atoms with Crippen molar-refractivity contribution in [2.75, 3.05) is 32.7 Å². The number of hydrogen-bond donors (Lipinski definition) is 3. The summed E-state index contributed by atoms with van der Waals surface area (Å²) in [6.45, 7) is 5.57. The quantitative estimate of drug-likeness (QED) is 0.464. The van der Waals surface area contributed by atoms with E-state index in [9.17, 15) is 9.18 Å². The van der Waals surface area contributed by atoms with E-state index >= 15 is 0 Å². The molecule has 26 heavy (non-hydrogen) atoms. The molecule has 6 heteroatoms. The monoisotopic (exact) mass is 356 g/mol. The van der Waals surface area contributed by atoms with Gasteiger partial charge >= 0.3 is 0 Å². The third kappa shape index (κ3) is 5.75. The normalized spacial score (nSPS) is 20.2. The third-order valence-corrected chi connectivity index (χ3v) is 4.64. The molecule has 0 aliphatic carbocycles. The lowest BCUT2D eigenvalue weighted by Crippen LogP contribution is -3.28. The van der Waals surface area contributed by atoms with Gasteiger partial charge in [-0.05, 0) is 17.7 Å². The lowest BCUT2D eigenvalue weighted by Gasteiger charge is -2.29. The molecule has 0 unspecified atom stereocenters. The van der Waals surface area contributed by atoms with E-state index in [0.29, 0.717) is 6.54 Å².